The van der Waals surface area contributed by atoms with Crippen LogP contribution in [-0.2, 0) is 4.79 Å². The molecule has 0 radical (unpaired) electrons. The number of halogens is 1. The Morgan fingerprint density at radius 1 is 1.03 bits per heavy atom. The molecule has 36 heavy (non-hydrogen) atoms. The number of methoxy groups -OCH3 is 2. The molecule has 1 N–H and O–H groups in total. The van der Waals surface area contributed by atoms with Crippen molar-refractivity contribution in [3.8, 4) is 17.2 Å². The number of benzene rings is 3. The smallest absolute Gasteiger partial charge is 0.286 e. The number of aromatic hydroxyl groups is 1. The van der Waals surface area contributed by atoms with Crippen LogP contribution in [0.2, 0.25) is 0 Å². The molecule has 182 valence electrons. The van der Waals surface area contributed by atoms with Crippen molar-refractivity contribution >= 4 is 50.6 Å². The van der Waals surface area contributed by atoms with Gasteiger partial charge in [0, 0.05) is 16.5 Å². The number of phenols is 1. The van der Waals surface area contributed by atoms with Crippen LogP contribution in [-0.4, -0.2) is 41.1 Å². The summed E-state index contributed by atoms with van der Waals surface area (Å²) in [6.07, 6.45) is 2.29. The minimum atomic E-state index is -0.365. The molecule has 7 nitrogen and oxygen atoms in total. The second kappa shape index (κ2) is 10.2. The Hall–Kier alpha value is -3.56. The normalized spacial score (nSPS) is 18.4. The first-order valence-corrected chi connectivity index (χ1v) is 12.7. The molecule has 0 saturated carbocycles. The number of hydrazone groups is 1. The van der Waals surface area contributed by atoms with E-state index in [-0.39, 0.29) is 17.7 Å². The van der Waals surface area contributed by atoms with E-state index < -0.39 is 0 Å². The number of ether oxygens (including phenoxy) is 2. The first-order chi connectivity index (χ1) is 17.4. The highest BCUT2D eigenvalue weighted by Crippen LogP contribution is 2.40. The van der Waals surface area contributed by atoms with E-state index in [0.717, 1.165) is 32.8 Å². The number of phenolic OH excluding ortho intramolecular Hbond substituents is 1. The number of amidine groups is 1. The van der Waals surface area contributed by atoms with E-state index in [2.05, 4.69) is 20.9 Å². The van der Waals surface area contributed by atoms with Crippen molar-refractivity contribution in [2.24, 2.45) is 10.1 Å². The molecule has 1 amide bonds. The van der Waals surface area contributed by atoms with Crippen molar-refractivity contribution < 1.29 is 19.4 Å². The van der Waals surface area contributed by atoms with Gasteiger partial charge >= 0.3 is 0 Å². The van der Waals surface area contributed by atoms with Crippen molar-refractivity contribution in [1.82, 2.24) is 5.01 Å². The number of thioether (sulfide) groups is 1. The summed E-state index contributed by atoms with van der Waals surface area (Å²) < 4.78 is 11.4. The number of hydrogen-bond acceptors (Lipinski definition) is 7. The summed E-state index contributed by atoms with van der Waals surface area (Å²) in [5.41, 5.74) is 3.42. The summed E-state index contributed by atoms with van der Waals surface area (Å²) >= 11 is 4.65. The molecule has 3 aromatic carbocycles. The maximum Gasteiger partial charge on any atom is 0.286 e. The number of carbonyl (C=O) groups is 1. The molecule has 0 aliphatic carbocycles. The van der Waals surface area contributed by atoms with Gasteiger partial charge < -0.3 is 14.6 Å². The van der Waals surface area contributed by atoms with Gasteiger partial charge in [0.25, 0.3) is 5.91 Å². The second-order valence-electron chi connectivity index (χ2n) is 8.13. The standard InChI is InChI=1S/C27H22BrN3O4S/c1-34-20-8-3-16(4-9-20)22-15-23(17-5-10-21(35-2)11-6-17)31(30-22)27-29-26(33)25(36-27)14-18-13-19(28)7-12-24(18)32/h3-14,23,32H,15H2,1-2H3/b25-14-. The Balaban J connectivity index is 1.48. The summed E-state index contributed by atoms with van der Waals surface area (Å²) in [5.74, 6) is 1.26. The highest BCUT2D eigenvalue weighted by Gasteiger charge is 2.36. The summed E-state index contributed by atoms with van der Waals surface area (Å²) in [5, 5.41) is 17.4. The minimum Gasteiger partial charge on any atom is -0.507 e. The van der Waals surface area contributed by atoms with Gasteiger partial charge in [-0.2, -0.15) is 10.1 Å². The van der Waals surface area contributed by atoms with E-state index in [4.69, 9.17) is 14.6 Å². The molecule has 0 saturated heterocycles. The van der Waals surface area contributed by atoms with E-state index in [9.17, 15) is 9.90 Å². The Morgan fingerprint density at radius 2 is 1.69 bits per heavy atom. The van der Waals surface area contributed by atoms with Crippen LogP contribution in [0, 0.1) is 0 Å². The molecule has 2 heterocycles. The Bertz CT molecular complexity index is 1400. The predicted molar refractivity (Wildman–Crippen MR) is 146 cm³/mol. The van der Waals surface area contributed by atoms with Crippen molar-refractivity contribution in [3.05, 3.63) is 92.8 Å². The number of carbonyl (C=O) groups excluding carboxylic acids is 1. The lowest BCUT2D eigenvalue weighted by Crippen LogP contribution is -2.23. The van der Waals surface area contributed by atoms with E-state index in [0.29, 0.717) is 22.1 Å². The Morgan fingerprint density at radius 3 is 2.36 bits per heavy atom. The predicted octanol–water partition coefficient (Wildman–Crippen LogP) is 5.99. The minimum absolute atomic E-state index is 0.0876. The third-order valence-electron chi connectivity index (χ3n) is 5.92. The molecule has 1 atom stereocenters. The fourth-order valence-electron chi connectivity index (χ4n) is 4.01. The molecule has 5 rings (SSSR count). The molecule has 0 spiro atoms. The number of amides is 1. The van der Waals surface area contributed by atoms with Crippen LogP contribution in [0.5, 0.6) is 17.2 Å². The maximum absolute atomic E-state index is 12.8. The van der Waals surface area contributed by atoms with Crippen LogP contribution in [0.15, 0.2) is 86.2 Å². The fraction of sp³-hybridized carbons (Fsp3) is 0.148. The summed E-state index contributed by atoms with van der Waals surface area (Å²) in [6.45, 7) is 0. The van der Waals surface area contributed by atoms with Gasteiger partial charge in [-0.3, -0.25) is 4.79 Å². The fourth-order valence-corrected chi connectivity index (χ4v) is 5.29. The van der Waals surface area contributed by atoms with Crippen LogP contribution in [0.25, 0.3) is 6.08 Å². The van der Waals surface area contributed by atoms with Gasteiger partial charge in [0.1, 0.15) is 17.2 Å². The van der Waals surface area contributed by atoms with Gasteiger partial charge in [-0.1, -0.05) is 28.1 Å². The first-order valence-electron chi connectivity index (χ1n) is 11.1. The van der Waals surface area contributed by atoms with Crippen LogP contribution < -0.4 is 9.47 Å². The SMILES string of the molecule is COc1ccc(C2=NN(C3=NC(=O)/C(=C/c4cc(Br)ccc4O)S3)C(c3ccc(OC)cc3)C2)cc1. The monoisotopic (exact) mass is 563 g/mol. The van der Waals surface area contributed by atoms with E-state index in [1.54, 1.807) is 38.5 Å². The van der Waals surface area contributed by atoms with E-state index >= 15 is 0 Å². The lowest BCUT2D eigenvalue weighted by Gasteiger charge is -2.22. The largest absolute Gasteiger partial charge is 0.507 e. The lowest BCUT2D eigenvalue weighted by atomic mass is 9.98. The Labute approximate surface area is 221 Å². The van der Waals surface area contributed by atoms with Crippen molar-refractivity contribution in [1.29, 1.82) is 0 Å². The molecule has 9 heteroatoms. The van der Waals surface area contributed by atoms with Gasteiger partial charge in [0.15, 0.2) is 5.17 Å². The average Bonchev–Trinajstić information content (AvgIpc) is 3.50. The van der Waals surface area contributed by atoms with E-state index in [1.807, 2.05) is 53.5 Å². The van der Waals surface area contributed by atoms with Crippen molar-refractivity contribution in [2.75, 3.05) is 14.2 Å². The third kappa shape index (κ3) is 4.89. The lowest BCUT2D eigenvalue weighted by molar-refractivity contribution is -0.113. The summed E-state index contributed by atoms with van der Waals surface area (Å²) in [7, 11) is 3.27. The van der Waals surface area contributed by atoms with Crippen LogP contribution in [0.4, 0.5) is 0 Å². The van der Waals surface area contributed by atoms with Crippen LogP contribution in [0.3, 0.4) is 0 Å². The van der Waals surface area contributed by atoms with Gasteiger partial charge in [-0.05, 0) is 83.6 Å². The van der Waals surface area contributed by atoms with Gasteiger partial charge in [-0.25, -0.2) is 5.01 Å². The number of nitrogens with zero attached hydrogens (tertiary/aromatic N) is 3. The number of rotatable bonds is 5. The topological polar surface area (TPSA) is 83.7 Å². The number of aliphatic imine (C=N–C) groups is 1. The highest BCUT2D eigenvalue weighted by molar-refractivity contribution is 9.10. The van der Waals surface area contributed by atoms with Crippen molar-refractivity contribution in [3.63, 3.8) is 0 Å². The van der Waals surface area contributed by atoms with Gasteiger partial charge in [0.2, 0.25) is 0 Å². The molecule has 0 aromatic heterocycles. The first kappa shape index (κ1) is 24.1. The number of hydrogen-bond donors (Lipinski definition) is 1. The van der Waals surface area contributed by atoms with Crippen molar-refractivity contribution in [2.45, 2.75) is 12.5 Å². The molecule has 3 aromatic rings. The molecule has 0 bridgehead atoms. The van der Waals surface area contributed by atoms with Gasteiger partial charge in [0.05, 0.1) is 30.9 Å². The molecule has 2 aliphatic heterocycles. The highest BCUT2D eigenvalue weighted by atomic mass is 79.9. The maximum atomic E-state index is 12.8. The Kier molecular flexibility index (Phi) is 6.84. The zero-order chi connectivity index (χ0) is 25.2. The van der Waals surface area contributed by atoms with Crippen LogP contribution in [0.1, 0.15) is 29.2 Å². The quantitative estimate of drug-likeness (QED) is 0.383. The zero-order valence-electron chi connectivity index (χ0n) is 19.5. The molecular formula is C27H22BrN3O4S. The van der Waals surface area contributed by atoms with E-state index in [1.165, 1.54) is 11.8 Å². The van der Waals surface area contributed by atoms with Gasteiger partial charge in [-0.15, -0.1) is 0 Å². The zero-order valence-corrected chi connectivity index (χ0v) is 21.9. The second-order valence-corrected chi connectivity index (χ2v) is 10.1. The molecule has 1 unspecified atom stereocenters. The molecule has 0 fully saturated rings. The molecular weight excluding hydrogens is 542 g/mol. The average molecular weight is 564 g/mol. The third-order valence-corrected chi connectivity index (χ3v) is 7.38. The summed E-state index contributed by atoms with van der Waals surface area (Å²) in [4.78, 5) is 17.6. The summed E-state index contributed by atoms with van der Waals surface area (Å²) in [6, 6.07) is 20.5. The van der Waals surface area contributed by atoms with Crippen LogP contribution >= 0.6 is 27.7 Å². The molecule has 2 aliphatic rings.